The molecular weight excluding hydrogens is 280 g/mol. The van der Waals surface area contributed by atoms with Crippen LogP contribution in [0.25, 0.3) is 0 Å². The number of carbonyl (C=O) groups is 2. The van der Waals surface area contributed by atoms with Gasteiger partial charge in [-0.25, -0.2) is 9.59 Å². The van der Waals surface area contributed by atoms with Crippen LogP contribution in [0.5, 0.6) is 0 Å². The Morgan fingerprint density at radius 1 is 1.40 bits per heavy atom. The van der Waals surface area contributed by atoms with E-state index in [0.29, 0.717) is 10.7 Å². The van der Waals surface area contributed by atoms with Crippen LogP contribution in [0.4, 0.5) is 10.5 Å². The van der Waals surface area contributed by atoms with E-state index in [2.05, 4.69) is 5.32 Å². The zero-order valence-corrected chi connectivity index (χ0v) is 12.8. The van der Waals surface area contributed by atoms with Crippen molar-refractivity contribution < 1.29 is 14.7 Å². The second-order valence-electron chi connectivity index (χ2n) is 5.00. The number of rotatable bonds is 4. The summed E-state index contributed by atoms with van der Waals surface area (Å²) in [6.45, 7) is 6.83. The number of anilines is 1. The highest BCUT2D eigenvalue weighted by Crippen LogP contribution is 2.22. The third kappa shape index (κ3) is 3.42. The van der Waals surface area contributed by atoms with Gasteiger partial charge in [0.1, 0.15) is 5.54 Å². The van der Waals surface area contributed by atoms with Gasteiger partial charge in [0.05, 0.1) is 0 Å². The molecule has 5 nitrogen and oxygen atoms in total. The van der Waals surface area contributed by atoms with Gasteiger partial charge in [-0.2, -0.15) is 0 Å². The van der Waals surface area contributed by atoms with Crippen molar-refractivity contribution in [2.45, 2.75) is 33.2 Å². The van der Waals surface area contributed by atoms with E-state index >= 15 is 0 Å². The van der Waals surface area contributed by atoms with Crippen LogP contribution in [0.15, 0.2) is 18.2 Å². The summed E-state index contributed by atoms with van der Waals surface area (Å²) in [6.07, 6.45) is 0. The maximum atomic E-state index is 12.3. The van der Waals surface area contributed by atoms with Gasteiger partial charge in [-0.1, -0.05) is 17.7 Å². The van der Waals surface area contributed by atoms with Gasteiger partial charge in [0.15, 0.2) is 0 Å². The number of amides is 2. The number of likely N-dealkylation sites (N-methyl/N-ethyl adjacent to an activating group) is 1. The monoisotopic (exact) mass is 298 g/mol. The molecule has 0 aromatic heterocycles. The van der Waals surface area contributed by atoms with Gasteiger partial charge < -0.3 is 15.3 Å². The van der Waals surface area contributed by atoms with Gasteiger partial charge in [0, 0.05) is 17.3 Å². The Morgan fingerprint density at radius 3 is 2.50 bits per heavy atom. The molecule has 0 aliphatic carbocycles. The first-order valence-electron chi connectivity index (χ1n) is 6.28. The first-order valence-corrected chi connectivity index (χ1v) is 6.66. The van der Waals surface area contributed by atoms with Crippen LogP contribution >= 0.6 is 11.6 Å². The molecule has 0 unspecified atom stereocenters. The Hall–Kier alpha value is -1.75. The van der Waals surface area contributed by atoms with Crippen molar-refractivity contribution in [3.8, 4) is 0 Å². The number of aryl methyl sites for hydroxylation is 1. The van der Waals surface area contributed by atoms with Crippen molar-refractivity contribution in [3.05, 3.63) is 28.8 Å². The van der Waals surface area contributed by atoms with Gasteiger partial charge in [0.25, 0.3) is 0 Å². The van der Waals surface area contributed by atoms with E-state index in [1.165, 1.54) is 18.7 Å². The largest absolute Gasteiger partial charge is 0.480 e. The fraction of sp³-hybridized carbons (Fsp3) is 0.429. The lowest BCUT2D eigenvalue weighted by Gasteiger charge is -2.34. The molecule has 0 heterocycles. The van der Waals surface area contributed by atoms with Crippen molar-refractivity contribution >= 4 is 29.3 Å². The van der Waals surface area contributed by atoms with Crippen LogP contribution in [0, 0.1) is 6.92 Å². The number of carboxylic acid groups (broad SMARTS) is 1. The standard InChI is InChI=1S/C14H19ClN2O3/c1-5-17(14(3,4)12(18)19)13(20)16-11-8-10(15)7-6-9(11)2/h6-8H,5H2,1-4H3,(H,16,20)(H,18,19). The molecule has 0 radical (unpaired) electrons. The molecule has 110 valence electrons. The van der Waals surface area contributed by atoms with E-state index in [0.717, 1.165) is 5.56 Å². The van der Waals surface area contributed by atoms with E-state index in [9.17, 15) is 14.7 Å². The minimum atomic E-state index is -1.29. The molecule has 1 aromatic rings. The van der Waals surface area contributed by atoms with E-state index in [-0.39, 0.29) is 6.54 Å². The molecule has 20 heavy (non-hydrogen) atoms. The molecule has 2 amide bonds. The topological polar surface area (TPSA) is 69.6 Å². The summed E-state index contributed by atoms with van der Waals surface area (Å²) in [7, 11) is 0. The second kappa shape index (κ2) is 6.13. The lowest BCUT2D eigenvalue weighted by atomic mass is 10.0. The second-order valence-corrected chi connectivity index (χ2v) is 5.43. The maximum Gasteiger partial charge on any atom is 0.329 e. The van der Waals surface area contributed by atoms with Crippen LogP contribution < -0.4 is 5.32 Å². The predicted octanol–water partition coefficient (Wildman–Crippen LogP) is 3.37. The lowest BCUT2D eigenvalue weighted by molar-refractivity contribution is -0.147. The molecule has 0 spiro atoms. The first-order chi connectivity index (χ1) is 9.20. The molecule has 2 N–H and O–H groups in total. The van der Waals surface area contributed by atoms with Gasteiger partial charge in [-0.3, -0.25) is 0 Å². The summed E-state index contributed by atoms with van der Waals surface area (Å²) in [6, 6.07) is 4.68. The summed E-state index contributed by atoms with van der Waals surface area (Å²) in [5, 5.41) is 12.4. The minimum absolute atomic E-state index is 0.282. The fourth-order valence-electron chi connectivity index (χ4n) is 1.82. The molecule has 0 bridgehead atoms. The number of nitrogens with one attached hydrogen (secondary N) is 1. The van der Waals surface area contributed by atoms with Crippen LogP contribution in [0.1, 0.15) is 26.3 Å². The molecule has 1 rings (SSSR count). The Labute approximate surface area is 123 Å². The number of hydrogen-bond donors (Lipinski definition) is 2. The number of benzene rings is 1. The van der Waals surface area contributed by atoms with Crippen molar-refractivity contribution in [3.63, 3.8) is 0 Å². The number of halogens is 1. The van der Waals surface area contributed by atoms with Crippen molar-refractivity contribution in [1.29, 1.82) is 0 Å². The molecule has 0 fully saturated rings. The molecule has 1 aromatic carbocycles. The average molecular weight is 299 g/mol. The minimum Gasteiger partial charge on any atom is -0.480 e. The van der Waals surface area contributed by atoms with Gasteiger partial charge in [0.2, 0.25) is 0 Å². The Bertz CT molecular complexity index is 529. The number of carboxylic acids is 1. The molecule has 0 saturated heterocycles. The first kappa shape index (κ1) is 16.3. The summed E-state index contributed by atoms with van der Waals surface area (Å²) < 4.78 is 0. The number of urea groups is 1. The number of nitrogens with zero attached hydrogens (tertiary/aromatic N) is 1. The van der Waals surface area contributed by atoms with Crippen molar-refractivity contribution in [2.75, 3.05) is 11.9 Å². The molecule has 0 saturated carbocycles. The molecule has 0 aliphatic rings. The zero-order chi connectivity index (χ0) is 15.5. The van der Waals surface area contributed by atoms with Gasteiger partial charge in [-0.05, 0) is 45.4 Å². The van der Waals surface area contributed by atoms with Crippen LogP contribution in [0.2, 0.25) is 5.02 Å². The summed E-state index contributed by atoms with van der Waals surface area (Å²) in [5.41, 5.74) is 0.139. The van der Waals surface area contributed by atoms with Gasteiger partial charge >= 0.3 is 12.0 Å². The van der Waals surface area contributed by atoms with E-state index < -0.39 is 17.5 Å². The Kier molecular flexibility index (Phi) is 5.00. The highest BCUT2D eigenvalue weighted by atomic mass is 35.5. The highest BCUT2D eigenvalue weighted by Gasteiger charge is 2.37. The number of hydrogen-bond acceptors (Lipinski definition) is 2. The van der Waals surface area contributed by atoms with Crippen molar-refractivity contribution in [2.24, 2.45) is 0 Å². The maximum absolute atomic E-state index is 12.3. The summed E-state index contributed by atoms with van der Waals surface area (Å²) in [5.74, 6) is -1.06. The van der Waals surface area contributed by atoms with E-state index in [1.807, 2.05) is 6.92 Å². The Balaban J connectivity index is 2.99. The average Bonchev–Trinajstić information content (AvgIpc) is 2.34. The number of aliphatic carboxylic acids is 1. The predicted molar refractivity (Wildman–Crippen MR) is 79.3 cm³/mol. The van der Waals surface area contributed by atoms with Crippen LogP contribution in [-0.2, 0) is 4.79 Å². The zero-order valence-electron chi connectivity index (χ0n) is 12.0. The van der Waals surface area contributed by atoms with Crippen LogP contribution in [0.3, 0.4) is 0 Å². The van der Waals surface area contributed by atoms with E-state index in [4.69, 9.17) is 11.6 Å². The lowest BCUT2D eigenvalue weighted by Crippen LogP contribution is -2.54. The van der Waals surface area contributed by atoms with Crippen molar-refractivity contribution in [1.82, 2.24) is 4.90 Å². The molecule has 0 aliphatic heterocycles. The summed E-state index contributed by atoms with van der Waals surface area (Å²) >= 11 is 5.90. The number of carbonyl (C=O) groups excluding carboxylic acids is 1. The quantitative estimate of drug-likeness (QED) is 0.895. The highest BCUT2D eigenvalue weighted by molar-refractivity contribution is 6.31. The smallest absolute Gasteiger partial charge is 0.329 e. The molecule has 0 atom stereocenters. The molecular formula is C14H19ClN2O3. The van der Waals surface area contributed by atoms with Gasteiger partial charge in [-0.15, -0.1) is 0 Å². The third-order valence-corrected chi connectivity index (χ3v) is 3.44. The van der Waals surface area contributed by atoms with E-state index in [1.54, 1.807) is 25.1 Å². The summed E-state index contributed by atoms with van der Waals surface area (Å²) in [4.78, 5) is 24.8. The normalized spacial score (nSPS) is 11.1. The SMILES string of the molecule is CCN(C(=O)Nc1cc(Cl)ccc1C)C(C)(C)C(=O)O. The van der Waals surface area contributed by atoms with Crippen LogP contribution in [-0.4, -0.2) is 34.1 Å². The Morgan fingerprint density at radius 2 is 2.00 bits per heavy atom. The fourth-order valence-corrected chi connectivity index (χ4v) is 1.99. The third-order valence-electron chi connectivity index (χ3n) is 3.20. The molecule has 6 heteroatoms.